The SMILES string of the molecule is CCC(COc1ccc(C)cc1)CSc1ccc(O)c(C)c1. The second-order valence-corrected chi connectivity index (χ2v) is 6.75. The molecule has 0 heterocycles. The van der Waals surface area contributed by atoms with Crippen LogP contribution in [0, 0.1) is 19.8 Å². The predicted octanol–water partition coefficient (Wildman–Crippen LogP) is 5.21. The molecule has 0 bridgehead atoms. The zero-order valence-electron chi connectivity index (χ0n) is 13.5. The van der Waals surface area contributed by atoms with Gasteiger partial charge in [0.15, 0.2) is 0 Å². The van der Waals surface area contributed by atoms with Crippen molar-refractivity contribution in [2.24, 2.45) is 5.92 Å². The number of hydrogen-bond donors (Lipinski definition) is 1. The molecule has 0 radical (unpaired) electrons. The first-order valence-corrected chi connectivity index (χ1v) is 8.69. The summed E-state index contributed by atoms with van der Waals surface area (Å²) in [6.07, 6.45) is 1.09. The van der Waals surface area contributed by atoms with Crippen molar-refractivity contribution in [3.8, 4) is 11.5 Å². The molecule has 2 aromatic rings. The molecule has 0 amide bonds. The van der Waals surface area contributed by atoms with E-state index < -0.39 is 0 Å². The zero-order chi connectivity index (χ0) is 15.9. The van der Waals surface area contributed by atoms with Crippen molar-refractivity contribution < 1.29 is 9.84 Å². The van der Waals surface area contributed by atoms with Crippen LogP contribution in [0.5, 0.6) is 11.5 Å². The molecule has 3 heteroatoms. The first-order valence-electron chi connectivity index (χ1n) is 7.70. The lowest BCUT2D eigenvalue weighted by Gasteiger charge is -2.16. The first kappa shape index (κ1) is 16.8. The fourth-order valence-electron chi connectivity index (χ4n) is 2.06. The average Bonchev–Trinajstić information content (AvgIpc) is 2.52. The number of rotatable bonds is 7. The highest BCUT2D eigenvalue weighted by molar-refractivity contribution is 7.99. The fourth-order valence-corrected chi connectivity index (χ4v) is 3.25. The van der Waals surface area contributed by atoms with E-state index in [1.165, 1.54) is 10.5 Å². The van der Waals surface area contributed by atoms with Gasteiger partial charge in [-0.25, -0.2) is 0 Å². The molecule has 2 nitrogen and oxygen atoms in total. The van der Waals surface area contributed by atoms with Crippen LogP contribution in [0.3, 0.4) is 0 Å². The molecule has 118 valence electrons. The minimum absolute atomic E-state index is 0.360. The van der Waals surface area contributed by atoms with Gasteiger partial charge in [-0.2, -0.15) is 0 Å². The topological polar surface area (TPSA) is 29.5 Å². The summed E-state index contributed by atoms with van der Waals surface area (Å²) in [4.78, 5) is 1.20. The van der Waals surface area contributed by atoms with E-state index >= 15 is 0 Å². The van der Waals surface area contributed by atoms with Crippen molar-refractivity contribution in [3.63, 3.8) is 0 Å². The van der Waals surface area contributed by atoms with E-state index in [1.807, 2.05) is 43.0 Å². The predicted molar refractivity (Wildman–Crippen MR) is 94.0 cm³/mol. The van der Waals surface area contributed by atoms with Crippen molar-refractivity contribution in [3.05, 3.63) is 53.6 Å². The highest BCUT2D eigenvalue weighted by Crippen LogP contribution is 2.27. The minimum atomic E-state index is 0.360. The van der Waals surface area contributed by atoms with E-state index in [9.17, 15) is 5.11 Å². The molecule has 0 aliphatic heterocycles. The summed E-state index contributed by atoms with van der Waals surface area (Å²) < 4.78 is 5.89. The maximum Gasteiger partial charge on any atom is 0.119 e. The number of hydrogen-bond acceptors (Lipinski definition) is 3. The molecule has 22 heavy (non-hydrogen) atoms. The highest BCUT2D eigenvalue weighted by atomic mass is 32.2. The molecular weight excluding hydrogens is 292 g/mol. The van der Waals surface area contributed by atoms with Gasteiger partial charge in [-0.15, -0.1) is 11.8 Å². The van der Waals surface area contributed by atoms with Gasteiger partial charge in [0.05, 0.1) is 6.61 Å². The van der Waals surface area contributed by atoms with Gasteiger partial charge < -0.3 is 9.84 Å². The van der Waals surface area contributed by atoms with Crippen molar-refractivity contribution >= 4 is 11.8 Å². The summed E-state index contributed by atoms with van der Waals surface area (Å²) in [5.41, 5.74) is 2.17. The summed E-state index contributed by atoms with van der Waals surface area (Å²) in [7, 11) is 0. The Bertz CT molecular complexity index is 593. The minimum Gasteiger partial charge on any atom is -0.508 e. The molecule has 0 aliphatic rings. The number of phenolic OH excluding ortho intramolecular Hbond substituents is 1. The third-order valence-corrected chi connectivity index (χ3v) is 4.96. The molecule has 0 aliphatic carbocycles. The molecule has 1 unspecified atom stereocenters. The Morgan fingerprint density at radius 2 is 1.82 bits per heavy atom. The highest BCUT2D eigenvalue weighted by Gasteiger charge is 2.09. The molecule has 0 fully saturated rings. The quantitative estimate of drug-likeness (QED) is 0.711. The second kappa shape index (κ2) is 8.14. The van der Waals surface area contributed by atoms with Gasteiger partial charge in [0.1, 0.15) is 11.5 Å². The Labute approximate surface area is 137 Å². The summed E-state index contributed by atoms with van der Waals surface area (Å²) in [5, 5.41) is 9.57. The number of benzene rings is 2. The molecule has 1 atom stereocenters. The number of aryl methyl sites for hydroxylation is 2. The summed E-state index contributed by atoms with van der Waals surface area (Å²) in [6, 6.07) is 14.0. The van der Waals surface area contributed by atoms with Crippen molar-refractivity contribution in [2.45, 2.75) is 32.1 Å². The van der Waals surface area contributed by atoms with Crippen LogP contribution in [0.2, 0.25) is 0 Å². The molecule has 2 aromatic carbocycles. The third kappa shape index (κ3) is 4.99. The van der Waals surface area contributed by atoms with Gasteiger partial charge in [0.25, 0.3) is 0 Å². The van der Waals surface area contributed by atoms with E-state index in [1.54, 1.807) is 6.07 Å². The molecule has 1 N–H and O–H groups in total. The van der Waals surface area contributed by atoms with Crippen LogP contribution in [-0.4, -0.2) is 17.5 Å². The van der Waals surface area contributed by atoms with E-state index in [4.69, 9.17) is 4.74 Å². The van der Waals surface area contributed by atoms with Crippen LogP contribution in [0.1, 0.15) is 24.5 Å². The molecule has 0 spiro atoms. The Morgan fingerprint density at radius 3 is 2.45 bits per heavy atom. The summed E-state index contributed by atoms with van der Waals surface area (Å²) >= 11 is 1.82. The van der Waals surface area contributed by atoms with E-state index in [2.05, 4.69) is 26.0 Å². The maximum absolute atomic E-state index is 9.57. The van der Waals surface area contributed by atoms with E-state index in [-0.39, 0.29) is 0 Å². The first-order chi connectivity index (χ1) is 10.6. The van der Waals surface area contributed by atoms with Gasteiger partial charge in [-0.05, 0) is 56.2 Å². The standard InChI is InChI=1S/C19H24O2S/c1-4-16(12-21-17-7-5-14(2)6-8-17)13-22-18-9-10-19(20)15(3)11-18/h5-11,16,20H,4,12-13H2,1-3H3. The lowest BCUT2D eigenvalue weighted by Crippen LogP contribution is -2.13. The second-order valence-electron chi connectivity index (χ2n) is 5.66. The molecule has 0 aromatic heterocycles. The maximum atomic E-state index is 9.57. The molecule has 2 rings (SSSR count). The van der Waals surface area contributed by atoms with E-state index in [0.717, 1.165) is 30.1 Å². The van der Waals surface area contributed by atoms with Crippen LogP contribution in [0.25, 0.3) is 0 Å². The Kier molecular flexibility index (Phi) is 6.20. The van der Waals surface area contributed by atoms with Gasteiger partial charge in [-0.3, -0.25) is 0 Å². The van der Waals surface area contributed by atoms with Crippen LogP contribution in [0.15, 0.2) is 47.4 Å². The lowest BCUT2D eigenvalue weighted by atomic mass is 10.1. The number of aromatic hydroxyl groups is 1. The van der Waals surface area contributed by atoms with E-state index in [0.29, 0.717) is 11.7 Å². The Morgan fingerprint density at radius 1 is 1.09 bits per heavy atom. The van der Waals surface area contributed by atoms with Crippen LogP contribution in [0.4, 0.5) is 0 Å². The van der Waals surface area contributed by atoms with Crippen LogP contribution in [-0.2, 0) is 0 Å². The molecule has 0 saturated heterocycles. The average molecular weight is 316 g/mol. The fraction of sp³-hybridized carbons (Fsp3) is 0.368. The smallest absolute Gasteiger partial charge is 0.119 e. The van der Waals surface area contributed by atoms with Gasteiger partial charge in [0.2, 0.25) is 0 Å². The largest absolute Gasteiger partial charge is 0.508 e. The van der Waals surface area contributed by atoms with Crippen LogP contribution < -0.4 is 4.74 Å². The number of ether oxygens (including phenoxy) is 1. The van der Waals surface area contributed by atoms with Gasteiger partial charge >= 0.3 is 0 Å². The Balaban J connectivity index is 1.83. The van der Waals surface area contributed by atoms with Crippen molar-refractivity contribution in [2.75, 3.05) is 12.4 Å². The summed E-state index contributed by atoms with van der Waals surface area (Å²) in [5.74, 6) is 2.83. The molecular formula is C19H24O2S. The number of phenols is 1. The van der Waals surface area contributed by atoms with Crippen molar-refractivity contribution in [1.82, 2.24) is 0 Å². The molecule has 0 saturated carbocycles. The normalized spacial score (nSPS) is 12.1. The van der Waals surface area contributed by atoms with Gasteiger partial charge in [-0.1, -0.05) is 24.6 Å². The third-order valence-electron chi connectivity index (χ3n) is 3.74. The monoisotopic (exact) mass is 316 g/mol. The summed E-state index contributed by atoms with van der Waals surface area (Å²) in [6.45, 7) is 6.95. The lowest BCUT2D eigenvalue weighted by molar-refractivity contribution is 0.259. The Hall–Kier alpha value is -1.61. The zero-order valence-corrected chi connectivity index (χ0v) is 14.3. The van der Waals surface area contributed by atoms with Crippen LogP contribution >= 0.6 is 11.8 Å². The van der Waals surface area contributed by atoms with Gasteiger partial charge in [0, 0.05) is 16.6 Å². The van der Waals surface area contributed by atoms with Crippen molar-refractivity contribution in [1.29, 1.82) is 0 Å². The number of thioether (sulfide) groups is 1.